The first-order chi connectivity index (χ1) is 5.27. The van der Waals surface area contributed by atoms with E-state index in [1.807, 2.05) is 0 Å². The highest BCUT2D eigenvalue weighted by Gasteiger charge is 2.26. The highest BCUT2D eigenvalue weighted by atomic mass is 16.5. The smallest absolute Gasteiger partial charge is 0.123 e. The van der Waals surface area contributed by atoms with Crippen molar-refractivity contribution in [1.82, 2.24) is 0 Å². The zero-order valence-corrected chi connectivity index (χ0v) is 7.42. The molecule has 11 heavy (non-hydrogen) atoms. The second-order valence-corrected chi connectivity index (χ2v) is 3.52. The molecule has 0 aromatic carbocycles. The van der Waals surface area contributed by atoms with Gasteiger partial charge in [0.25, 0.3) is 0 Å². The van der Waals surface area contributed by atoms with Crippen LogP contribution in [0.1, 0.15) is 6.42 Å². The van der Waals surface area contributed by atoms with Gasteiger partial charge in [-0.3, -0.25) is 0 Å². The van der Waals surface area contributed by atoms with Crippen LogP contribution in [-0.2, 0) is 4.74 Å². The molecule has 0 spiro atoms. The molecule has 0 aromatic rings. The summed E-state index contributed by atoms with van der Waals surface area (Å²) in [5, 5.41) is 8.84. The van der Waals surface area contributed by atoms with Gasteiger partial charge in [-0.15, -0.1) is 0 Å². The van der Waals surface area contributed by atoms with Crippen LogP contribution in [0.4, 0.5) is 0 Å². The lowest BCUT2D eigenvalue weighted by molar-refractivity contribution is -0.0165. The average molecular weight is 154 g/mol. The minimum Gasteiger partial charge on any atom is -0.394 e. The molecule has 62 valence electrons. The van der Waals surface area contributed by atoms with Gasteiger partial charge in [0, 0.05) is 6.61 Å². The molecule has 0 saturated carbocycles. The van der Waals surface area contributed by atoms with Gasteiger partial charge in [0.1, 0.15) is 15.1 Å². The van der Waals surface area contributed by atoms with Crippen molar-refractivity contribution in [2.75, 3.05) is 13.2 Å². The molecule has 1 aliphatic heterocycles. The standard InChI is InChI=1S/C7H16B2O2/c1-9-7-4-11-5(3-10)2-6(7)8/h5-7,9-10H,2-4,8H2,1H3/t5?,6-,7?/m1/s1. The Kier molecular flexibility index (Phi) is 3.46. The van der Waals surface area contributed by atoms with Crippen molar-refractivity contribution in [3.05, 3.63) is 0 Å². The average Bonchev–Trinajstić information content (AvgIpc) is 2.04. The summed E-state index contributed by atoms with van der Waals surface area (Å²) in [6, 6.07) is 0. The maximum atomic E-state index is 8.84. The summed E-state index contributed by atoms with van der Waals surface area (Å²) >= 11 is 0. The summed E-state index contributed by atoms with van der Waals surface area (Å²) in [5.74, 6) is 1.42. The SMILES string of the molecule is B[C@@H]1CC(CO)OCC1BC. The van der Waals surface area contributed by atoms with E-state index in [1.165, 1.54) is 7.28 Å². The Morgan fingerprint density at radius 2 is 2.45 bits per heavy atom. The minimum atomic E-state index is 0.104. The Hall–Kier alpha value is 0.0499. The first kappa shape index (κ1) is 9.14. The third kappa shape index (κ3) is 2.24. The largest absolute Gasteiger partial charge is 0.394 e. The molecular formula is C7H16B2O2. The fraction of sp³-hybridized carbons (Fsp3) is 1.00. The molecule has 0 amide bonds. The van der Waals surface area contributed by atoms with Crippen LogP contribution in [0, 0.1) is 0 Å². The molecule has 3 atom stereocenters. The number of aliphatic hydroxyl groups is 1. The van der Waals surface area contributed by atoms with Crippen LogP contribution in [0.3, 0.4) is 0 Å². The highest BCUT2D eigenvalue weighted by Crippen LogP contribution is 2.31. The maximum Gasteiger partial charge on any atom is 0.123 e. The van der Waals surface area contributed by atoms with Crippen molar-refractivity contribution in [1.29, 1.82) is 0 Å². The molecule has 1 fully saturated rings. The lowest BCUT2D eigenvalue weighted by Crippen LogP contribution is -2.31. The summed E-state index contributed by atoms with van der Waals surface area (Å²) in [7, 11) is 3.44. The molecule has 0 aromatic heterocycles. The number of hydrogen-bond donors (Lipinski definition) is 1. The predicted octanol–water partition coefficient (Wildman–Crippen LogP) is -0.538. The molecule has 4 heteroatoms. The molecule has 0 radical (unpaired) electrons. The number of ether oxygens (including phenoxy) is 1. The Morgan fingerprint density at radius 1 is 1.73 bits per heavy atom. The van der Waals surface area contributed by atoms with Crippen LogP contribution >= 0.6 is 0 Å². The highest BCUT2D eigenvalue weighted by molar-refractivity contribution is 6.38. The summed E-state index contributed by atoms with van der Waals surface area (Å²) in [4.78, 5) is 0. The zero-order chi connectivity index (χ0) is 8.27. The second-order valence-electron chi connectivity index (χ2n) is 3.52. The first-order valence-electron chi connectivity index (χ1n) is 4.50. The third-order valence-electron chi connectivity index (χ3n) is 2.71. The van der Waals surface area contributed by atoms with Gasteiger partial charge in [-0.1, -0.05) is 12.6 Å². The van der Waals surface area contributed by atoms with Gasteiger partial charge < -0.3 is 9.84 Å². The summed E-state index contributed by atoms with van der Waals surface area (Å²) in [6.45, 7) is 3.22. The van der Waals surface area contributed by atoms with E-state index < -0.39 is 0 Å². The second kappa shape index (κ2) is 4.17. The van der Waals surface area contributed by atoms with Crippen LogP contribution in [0.2, 0.25) is 18.5 Å². The van der Waals surface area contributed by atoms with Gasteiger partial charge in [-0.25, -0.2) is 0 Å². The monoisotopic (exact) mass is 154 g/mol. The number of aliphatic hydroxyl groups excluding tert-OH is 1. The molecule has 1 aliphatic rings. The van der Waals surface area contributed by atoms with Gasteiger partial charge >= 0.3 is 0 Å². The molecule has 1 N–H and O–H groups in total. The van der Waals surface area contributed by atoms with Crippen LogP contribution < -0.4 is 0 Å². The maximum absolute atomic E-state index is 8.84. The van der Waals surface area contributed by atoms with E-state index in [2.05, 4.69) is 14.7 Å². The molecule has 2 unspecified atom stereocenters. The number of hydrogen-bond acceptors (Lipinski definition) is 2. The lowest BCUT2D eigenvalue weighted by Gasteiger charge is -2.32. The van der Waals surface area contributed by atoms with Gasteiger partial charge in [-0.05, 0) is 12.2 Å². The van der Waals surface area contributed by atoms with Crippen molar-refractivity contribution >= 4 is 15.1 Å². The topological polar surface area (TPSA) is 29.5 Å². The van der Waals surface area contributed by atoms with E-state index in [-0.39, 0.29) is 12.7 Å². The van der Waals surface area contributed by atoms with Gasteiger partial charge in [0.15, 0.2) is 0 Å². The molecular weight excluding hydrogens is 138 g/mol. The van der Waals surface area contributed by atoms with Crippen LogP contribution in [0.15, 0.2) is 0 Å². The Balaban J connectivity index is 2.34. The lowest BCUT2D eigenvalue weighted by atomic mass is 9.54. The van der Waals surface area contributed by atoms with Gasteiger partial charge in [-0.2, -0.15) is 0 Å². The fourth-order valence-corrected chi connectivity index (χ4v) is 1.75. The van der Waals surface area contributed by atoms with E-state index in [9.17, 15) is 0 Å². The molecule has 1 rings (SSSR count). The fourth-order valence-electron chi connectivity index (χ4n) is 1.75. The molecule has 0 bridgehead atoms. The van der Waals surface area contributed by atoms with Crippen LogP contribution in [0.5, 0.6) is 0 Å². The normalized spacial score (nSPS) is 38.5. The molecule has 1 saturated heterocycles. The van der Waals surface area contributed by atoms with E-state index in [0.717, 1.165) is 13.0 Å². The van der Waals surface area contributed by atoms with Crippen LogP contribution in [-0.4, -0.2) is 39.6 Å². The Morgan fingerprint density at radius 3 is 2.91 bits per heavy atom. The minimum absolute atomic E-state index is 0.104. The molecule has 0 aliphatic carbocycles. The first-order valence-corrected chi connectivity index (χ1v) is 4.50. The molecule has 1 heterocycles. The van der Waals surface area contributed by atoms with E-state index in [1.54, 1.807) is 0 Å². The molecule has 2 nitrogen and oxygen atoms in total. The van der Waals surface area contributed by atoms with E-state index in [4.69, 9.17) is 9.84 Å². The van der Waals surface area contributed by atoms with Gasteiger partial charge in [0.2, 0.25) is 0 Å². The third-order valence-corrected chi connectivity index (χ3v) is 2.71. The van der Waals surface area contributed by atoms with Crippen molar-refractivity contribution in [3.63, 3.8) is 0 Å². The number of rotatable bonds is 2. The summed E-state index contributed by atoms with van der Waals surface area (Å²) in [6.07, 6.45) is 1.13. The van der Waals surface area contributed by atoms with Gasteiger partial charge in [0.05, 0.1) is 12.7 Å². The summed E-state index contributed by atoms with van der Waals surface area (Å²) in [5.41, 5.74) is 0. The van der Waals surface area contributed by atoms with E-state index in [0.29, 0.717) is 11.6 Å². The Labute approximate surface area is 70.0 Å². The van der Waals surface area contributed by atoms with Crippen molar-refractivity contribution in [3.8, 4) is 0 Å². The Bertz CT molecular complexity index is 121. The van der Waals surface area contributed by atoms with Crippen molar-refractivity contribution < 1.29 is 9.84 Å². The quantitative estimate of drug-likeness (QED) is 0.541. The van der Waals surface area contributed by atoms with Crippen LogP contribution in [0.25, 0.3) is 0 Å². The van der Waals surface area contributed by atoms with Crippen molar-refractivity contribution in [2.45, 2.75) is 31.0 Å². The van der Waals surface area contributed by atoms with Crippen molar-refractivity contribution in [2.24, 2.45) is 0 Å². The van der Waals surface area contributed by atoms with E-state index >= 15 is 0 Å². The predicted molar refractivity (Wildman–Crippen MR) is 50.5 cm³/mol. The zero-order valence-electron chi connectivity index (χ0n) is 7.42. The summed E-state index contributed by atoms with van der Waals surface area (Å²) < 4.78 is 5.45.